The maximum Gasteiger partial charge on any atom is 0.321 e. The van der Waals surface area contributed by atoms with Crippen molar-refractivity contribution in [1.82, 2.24) is 16.0 Å². The van der Waals surface area contributed by atoms with Gasteiger partial charge in [0.05, 0.1) is 6.54 Å². The lowest BCUT2D eigenvalue weighted by atomic mass is 9.76. The molecule has 0 aromatic heterocycles. The molecule has 0 aliphatic rings. The number of hydrogen-bond acceptors (Lipinski definition) is 3. The van der Waals surface area contributed by atoms with E-state index in [1.165, 1.54) is 12.6 Å². The summed E-state index contributed by atoms with van der Waals surface area (Å²) in [4.78, 5) is 22.7. The van der Waals surface area contributed by atoms with Crippen LogP contribution in [0.25, 0.3) is 0 Å². The lowest BCUT2D eigenvalue weighted by Crippen LogP contribution is -2.49. The number of hydrogen-bond donors (Lipinski definition) is 3. The van der Waals surface area contributed by atoms with E-state index in [0.717, 1.165) is 6.42 Å². The summed E-state index contributed by atoms with van der Waals surface area (Å²) in [6.45, 7) is 6.50. The van der Waals surface area contributed by atoms with Gasteiger partial charge in [0.15, 0.2) is 0 Å². The summed E-state index contributed by atoms with van der Waals surface area (Å²) in [5.41, 5.74) is 1.11. The van der Waals surface area contributed by atoms with Crippen LogP contribution in [0.4, 0.5) is 4.79 Å². The van der Waals surface area contributed by atoms with E-state index < -0.39 is 6.03 Å². The van der Waals surface area contributed by atoms with Crippen LogP contribution in [0.15, 0.2) is 30.3 Å². The van der Waals surface area contributed by atoms with Crippen LogP contribution in [0.1, 0.15) is 32.8 Å². The van der Waals surface area contributed by atoms with E-state index in [9.17, 15) is 9.59 Å². The zero-order valence-electron chi connectivity index (χ0n) is 13.2. The first-order valence-corrected chi connectivity index (χ1v) is 7.22. The minimum atomic E-state index is -0.489. The van der Waals surface area contributed by atoms with Crippen LogP contribution in [0.5, 0.6) is 0 Å². The van der Waals surface area contributed by atoms with Crippen molar-refractivity contribution in [1.29, 1.82) is 0 Å². The Morgan fingerprint density at radius 3 is 2.33 bits per heavy atom. The van der Waals surface area contributed by atoms with E-state index in [4.69, 9.17) is 0 Å². The third-order valence-corrected chi connectivity index (χ3v) is 3.79. The predicted octanol–water partition coefficient (Wildman–Crippen LogP) is 1.79. The fourth-order valence-corrected chi connectivity index (χ4v) is 2.43. The molecule has 1 rings (SSSR count). The maximum absolute atomic E-state index is 11.7. The van der Waals surface area contributed by atoms with Gasteiger partial charge >= 0.3 is 6.03 Å². The molecule has 0 aliphatic heterocycles. The van der Waals surface area contributed by atoms with Crippen LogP contribution in [0.2, 0.25) is 0 Å². The zero-order chi connectivity index (χ0) is 15.9. The number of carbonyl (C=O) groups excluding carboxylic acids is 2. The Bertz CT molecular complexity index is 472. The van der Waals surface area contributed by atoms with Gasteiger partial charge in [0.25, 0.3) is 0 Å². The highest BCUT2D eigenvalue weighted by molar-refractivity contribution is 5.95. The fraction of sp³-hybridized carbons (Fsp3) is 0.500. The van der Waals surface area contributed by atoms with Gasteiger partial charge in [-0.3, -0.25) is 10.1 Å². The second-order valence-corrected chi connectivity index (χ2v) is 5.56. The number of amides is 3. The molecule has 0 spiro atoms. The quantitative estimate of drug-likeness (QED) is 0.748. The largest absolute Gasteiger partial charge is 0.341 e. The van der Waals surface area contributed by atoms with E-state index in [1.807, 2.05) is 18.2 Å². The van der Waals surface area contributed by atoms with Crippen molar-refractivity contribution in [2.24, 2.45) is 0 Å². The van der Waals surface area contributed by atoms with Crippen LogP contribution in [0.3, 0.4) is 0 Å². The first-order chi connectivity index (χ1) is 9.91. The molecule has 1 atom stereocenters. The number of imide groups is 1. The molecule has 3 amide bonds. The van der Waals surface area contributed by atoms with Gasteiger partial charge in [-0.1, -0.05) is 51.1 Å². The van der Waals surface area contributed by atoms with Gasteiger partial charge in [0, 0.05) is 18.5 Å². The zero-order valence-corrected chi connectivity index (χ0v) is 13.2. The lowest BCUT2D eigenvalue weighted by Gasteiger charge is -2.35. The molecule has 21 heavy (non-hydrogen) atoms. The molecule has 0 heterocycles. The smallest absolute Gasteiger partial charge is 0.321 e. The van der Waals surface area contributed by atoms with E-state index in [1.54, 1.807) is 0 Å². The van der Waals surface area contributed by atoms with Gasteiger partial charge in [0.1, 0.15) is 0 Å². The maximum atomic E-state index is 11.7. The van der Waals surface area contributed by atoms with Crippen molar-refractivity contribution in [2.75, 3.05) is 13.6 Å². The van der Waals surface area contributed by atoms with Crippen molar-refractivity contribution in [3.8, 4) is 0 Å². The monoisotopic (exact) mass is 291 g/mol. The second kappa shape index (κ2) is 7.78. The number of benzene rings is 1. The van der Waals surface area contributed by atoms with Crippen LogP contribution >= 0.6 is 0 Å². The molecule has 1 aromatic rings. The highest BCUT2D eigenvalue weighted by atomic mass is 16.2. The Morgan fingerprint density at radius 2 is 1.81 bits per heavy atom. The summed E-state index contributed by atoms with van der Waals surface area (Å²) in [7, 11) is 1.48. The summed E-state index contributed by atoms with van der Waals surface area (Å²) in [6, 6.07) is 9.85. The average Bonchev–Trinajstić information content (AvgIpc) is 2.48. The molecule has 0 fully saturated rings. The Labute approximate surface area is 126 Å². The van der Waals surface area contributed by atoms with E-state index in [2.05, 4.69) is 48.9 Å². The number of rotatable bonds is 6. The molecule has 5 heteroatoms. The third-order valence-electron chi connectivity index (χ3n) is 3.79. The lowest BCUT2D eigenvalue weighted by molar-refractivity contribution is -0.119. The van der Waals surface area contributed by atoms with Crippen molar-refractivity contribution < 1.29 is 9.59 Å². The van der Waals surface area contributed by atoms with Gasteiger partial charge < -0.3 is 10.6 Å². The molecule has 0 unspecified atom stereocenters. The average molecular weight is 291 g/mol. The minimum Gasteiger partial charge on any atom is -0.341 e. The fourth-order valence-electron chi connectivity index (χ4n) is 2.43. The van der Waals surface area contributed by atoms with Gasteiger partial charge in [-0.25, -0.2) is 4.79 Å². The summed E-state index contributed by atoms with van der Waals surface area (Å²) in [5.74, 6) is -0.336. The normalized spacial score (nSPS) is 12.6. The standard InChI is InChI=1S/C16H25N3O2/c1-5-13(18-11-14(20)19-15(21)17-4)16(2,3)12-9-7-6-8-10-12/h6-10,13,18H,5,11H2,1-4H3,(H2,17,19,20,21)/t13-/m0/s1. The molecule has 0 saturated carbocycles. The molecule has 5 nitrogen and oxygen atoms in total. The SMILES string of the molecule is CC[C@H](NCC(=O)NC(=O)NC)C(C)(C)c1ccccc1. The third kappa shape index (κ3) is 4.86. The van der Waals surface area contributed by atoms with Crippen molar-refractivity contribution in [3.63, 3.8) is 0 Å². The topological polar surface area (TPSA) is 70.2 Å². The van der Waals surface area contributed by atoms with Gasteiger partial charge in [0.2, 0.25) is 5.91 Å². The molecule has 0 radical (unpaired) electrons. The molecule has 0 saturated heterocycles. The predicted molar refractivity (Wildman–Crippen MR) is 84.1 cm³/mol. The first-order valence-electron chi connectivity index (χ1n) is 7.22. The van der Waals surface area contributed by atoms with Crippen molar-refractivity contribution in [2.45, 2.75) is 38.6 Å². The number of carbonyl (C=O) groups is 2. The Balaban J connectivity index is 2.66. The Hall–Kier alpha value is -1.88. The molecule has 0 aliphatic carbocycles. The Kier molecular flexibility index (Phi) is 6.37. The highest BCUT2D eigenvalue weighted by Gasteiger charge is 2.30. The molecular weight excluding hydrogens is 266 g/mol. The van der Waals surface area contributed by atoms with E-state index in [-0.39, 0.29) is 23.9 Å². The van der Waals surface area contributed by atoms with Gasteiger partial charge in [-0.15, -0.1) is 0 Å². The van der Waals surface area contributed by atoms with Crippen LogP contribution in [-0.4, -0.2) is 31.6 Å². The molecule has 1 aromatic carbocycles. The highest BCUT2D eigenvalue weighted by Crippen LogP contribution is 2.28. The summed E-state index contributed by atoms with van der Waals surface area (Å²) in [5, 5.41) is 7.85. The summed E-state index contributed by atoms with van der Waals surface area (Å²) >= 11 is 0. The summed E-state index contributed by atoms with van der Waals surface area (Å²) in [6.07, 6.45) is 0.884. The minimum absolute atomic E-state index is 0.108. The summed E-state index contributed by atoms with van der Waals surface area (Å²) < 4.78 is 0. The second-order valence-electron chi connectivity index (χ2n) is 5.56. The van der Waals surface area contributed by atoms with Crippen LogP contribution < -0.4 is 16.0 Å². The molecule has 3 N–H and O–H groups in total. The number of nitrogens with one attached hydrogen (secondary N) is 3. The van der Waals surface area contributed by atoms with Crippen LogP contribution in [0, 0.1) is 0 Å². The molecule has 0 bridgehead atoms. The molecule has 116 valence electrons. The Morgan fingerprint density at radius 1 is 1.19 bits per heavy atom. The number of urea groups is 1. The van der Waals surface area contributed by atoms with Gasteiger partial charge in [-0.05, 0) is 12.0 Å². The van der Waals surface area contributed by atoms with E-state index in [0.29, 0.717) is 0 Å². The molecular formula is C16H25N3O2. The van der Waals surface area contributed by atoms with Crippen LogP contribution in [-0.2, 0) is 10.2 Å². The van der Waals surface area contributed by atoms with Crippen molar-refractivity contribution >= 4 is 11.9 Å². The first kappa shape index (κ1) is 17.2. The van der Waals surface area contributed by atoms with Gasteiger partial charge in [-0.2, -0.15) is 0 Å². The van der Waals surface area contributed by atoms with E-state index >= 15 is 0 Å². The van der Waals surface area contributed by atoms with Crippen molar-refractivity contribution in [3.05, 3.63) is 35.9 Å².